The number of nitrogens with zero attached hydrogens (tertiary/aromatic N) is 3. The lowest BCUT2D eigenvalue weighted by atomic mass is 9.93. The van der Waals surface area contributed by atoms with Crippen LogP contribution >= 0.6 is 11.3 Å². The molecule has 62 heavy (non-hydrogen) atoms. The highest BCUT2D eigenvalue weighted by Gasteiger charge is 2.22. The molecule has 0 amide bonds. The van der Waals surface area contributed by atoms with Crippen molar-refractivity contribution in [2.75, 3.05) is 0 Å². The van der Waals surface area contributed by atoms with E-state index in [0.29, 0.717) is 17.5 Å². The molecular formula is C57H35N3OS. The molecule has 0 unspecified atom stereocenters. The van der Waals surface area contributed by atoms with Crippen LogP contribution < -0.4 is 0 Å². The number of rotatable bonds is 7. The molecule has 4 nitrogen and oxygen atoms in total. The zero-order valence-electron chi connectivity index (χ0n) is 33.4. The molecule has 0 radical (unpaired) electrons. The highest BCUT2D eigenvalue weighted by molar-refractivity contribution is 7.26. The summed E-state index contributed by atoms with van der Waals surface area (Å²) in [7, 11) is 0. The minimum absolute atomic E-state index is 0.557. The zero-order valence-corrected chi connectivity index (χ0v) is 34.2. The summed E-state index contributed by atoms with van der Waals surface area (Å²) in [5, 5.41) is 4.44. The van der Waals surface area contributed by atoms with Crippen LogP contribution in [0.3, 0.4) is 0 Å². The predicted octanol–water partition coefficient (Wildman–Crippen LogP) is 15.8. The lowest BCUT2D eigenvalue weighted by Crippen LogP contribution is -2.00. The van der Waals surface area contributed by atoms with Gasteiger partial charge >= 0.3 is 0 Å². The summed E-state index contributed by atoms with van der Waals surface area (Å²) in [5.74, 6) is 1.78. The average Bonchev–Trinajstić information content (AvgIpc) is 3.94. The number of hydrogen-bond donors (Lipinski definition) is 0. The Morgan fingerprint density at radius 3 is 1.40 bits per heavy atom. The van der Waals surface area contributed by atoms with Crippen LogP contribution in [0.5, 0.6) is 0 Å². The molecule has 12 aromatic rings. The van der Waals surface area contributed by atoms with Gasteiger partial charge in [-0.1, -0.05) is 194 Å². The fourth-order valence-electron chi connectivity index (χ4n) is 8.85. The van der Waals surface area contributed by atoms with Gasteiger partial charge in [0, 0.05) is 47.6 Å². The minimum Gasteiger partial charge on any atom is -0.455 e. The Kier molecular flexibility index (Phi) is 8.65. The summed E-state index contributed by atoms with van der Waals surface area (Å²) >= 11 is 1.80. The van der Waals surface area contributed by atoms with Crippen molar-refractivity contribution in [3.8, 4) is 78.7 Å². The summed E-state index contributed by atoms with van der Waals surface area (Å²) in [6.07, 6.45) is 0. The SMILES string of the molecule is c1ccc(-c2cccc(-c3cccc4c3sc3c(-c5nc(-c6ccccc6)nc(-c6cccc7c6oc6c(-c8ccccc8-c8ccccc8)cccc67)n5)cccc34)c2)cc1. The topological polar surface area (TPSA) is 51.8 Å². The van der Waals surface area contributed by atoms with Gasteiger partial charge in [0.15, 0.2) is 17.5 Å². The van der Waals surface area contributed by atoms with Crippen LogP contribution in [0.4, 0.5) is 0 Å². The van der Waals surface area contributed by atoms with E-state index in [9.17, 15) is 0 Å². The molecular weight excluding hydrogens is 775 g/mol. The molecule has 0 spiro atoms. The maximum atomic E-state index is 7.01. The van der Waals surface area contributed by atoms with Crippen molar-refractivity contribution in [1.29, 1.82) is 0 Å². The Hall–Kier alpha value is -7.99. The van der Waals surface area contributed by atoms with Gasteiger partial charge in [-0.25, -0.2) is 15.0 Å². The van der Waals surface area contributed by atoms with E-state index in [1.54, 1.807) is 11.3 Å². The fourth-order valence-corrected chi connectivity index (χ4v) is 10.2. The van der Waals surface area contributed by atoms with Crippen LogP contribution in [0.1, 0.15) is 0 Å². The first-order chi connectivity index (χ1) is 30.7. The molecule has 0 aliphatic heterocycles. The van der Waals surface area contributed by atoms with Gasteiger partial charge in [-0.05, 0) is 57.1 Å². The number of benzene rings is 9. The molecule has 0 fully saturated rings. The maximum Gasteiger partial charge on any atom is 0.167 e. The van der Waals surface area contributed by atoms with E-state index < -0.39 is 0 Å². The monoisotopic (exact) mass is 809 g/mol. The standard InChI is InChI=1S/C57H35N3OS/c1-4-17-36(18-5-1)39-23-12-24-40(35-39)42-27-13-31-47-48-32-16-34-50(54(48)62-53(42)47)57-59-55(38-21-8-3-9-22-38)58-56(60-57)49-33-15-30-46-45-29-14-28-44(51(45)61-52(46)49)43-26-11-10-25-41(43)37-19-6-2-7-20-37/h1-35H. The van der Waals surface area contributed by atoms with Crippen molar-refractivity contribution < 1.29 is 4.42 Å². The number of fused-ring (bicyclic) bond motifs is 6. The number of hydrogen-bond acceptors (Lipinski definition) is 5. The van der Waals surface area contributed by atoms with Gasteiger partial charge in [-0.15, -0.1) is 11.3 Å². The van der Waals surface area contributed by atoms with Crippen LogP contribution in [-0.4, -0.2) is 15.0 Å². The van der Waals surface area contributed by atoms with Crippen molar-refractivity contribution >= 4 is 53.4 Å². The van der Waals surface area contributed by atoms with Crippen LogP contribution in [0.25, 0.3) is 121 Å². The van der Waals surface area contributed by atoms with E-state index in [1.807, 2.05) is 18.2 Å². The van der Waals surface area contributed by atoms with Crippen molar-refractivity contribution in [3.05, 3.63) is 212 Å². The molecule has 0 saturated carbocycles. The van der Waals surface area contributed by atoms with Crippen LogP contribution in [0.2, 0.25) is 0 Å². The van der Waals surface area contributed by atoms with E-state index in [4.69, 9.17) is 19.4 Å². The third-order valence-electron chi connectivity index (χ3n) is 11.8. The third-order valence-corrected chi connectivity index (χ3v) is 13.1. The van der Waals surface area contributed by atoms with Gasteiger partial charge in [-0.2, -0.15) is 0 Å². The lowest BCUT2D eigenvalue weighted by Gasteiger charge is -2.10. The van der Waals surface area contributed by atoms with E-state index in [1.165, 1.54) is 37.7 Å². The number of furan rings is 1. The molecule has 5 heteroatoms. The summed E-state index contributed by atoms with van der Waals surface area (Å²) < 4.78 is 9.37. The minimum atomic E-state index is 0.557. The van der Waals surface area contributed by atoms with Crippen LogP contribution in [0, 0.1) is 0 Å². The smallest absolute Gasteiger partial charge is 0.167 e. The highest BCUT2D eigenvalue weighted by atomic mass is 32.1. The number of para-hydroxylation sites is 2. The molecule has 0 aliphatic carbocycles. The van der Waals surface area contributed by atoms with Crippen molar-refractivity contribution in [1.82, 2.24) is 15.0 Å². The Morgan fingerprint density at radius 2 is 0.710 bits per heavy atom. The lowest BCUT2D eigenvalue weighted by molar-refractivity contribution is 0.670. The Bertz CT molecular complexity index is 3630. The third kappa shape index (κ3) is 6.09. The van der Waals surface area contributed by atoms with Crippen molar-refractivity contribution in [3.63, 3.8) is 0 Å². The van der Waals surface area contributed by atoms with Crippen molar-refractivity contribution in [2.45, 2.75) is 0 Å². The quantitative estimate of drug-likeness (QED) is 0.161. The summed E-state index contributed by atoms with van der Waals surface area (Å²) in [5.41, 5.74) is 13.5. The zero-order chi connectivity index (χ0) is 41.0. The molecule has 9 aromatic carbocycles. The summed E-state index contributed by atoms with van der Waals surface area (Å²) in [6, 6.07) is 74.4. The molecule has 0 atom stereocenters. The average molecular weight is 810 g/mol. The Labute approximate surface area is 362 Å². The second-order valence-corrected chi connectivity index (χ2v) is 16.5. The van der Waals surface area contributed by atoms with E-state index in [0.717, 1.165) is 65.6 Å². The van der Waals surface area contributed by atoms with Gasteiger partial charge < -0.3 is 4.42 Å². The van der Waals surface area contributed by atoms with E-state index in [2.05, 4.69) is 194 Å². The largest absolute Gasteiger partial charge is 0.455 e. The first-order valence-corrected chi connectivity index (χ1v) is 21.6. The number of aromatic nitrogens is 3. The Balaban J connectivity index is 1.04. The van der Waals surface area contributed by atoms with Gasteiger partial charge in [0.25, 0.3) is 0 Å². The summed E-state index contributed by atoms with van der Waals surface area (Å²) in [4.78, 5) is 15.7. The van der Waals surface area contributed by atoms with Crippen molar-refractivity contribution in [2.24, 2.45) is 0 Å². The maximum absolute atomic E-state index is 7.01. The highest BCUT2D eigenvalue weighted by Crippen LogP contribution is 2.45. The molecule has 12 rings (SSSR count). The Morgan fingerprint density at radius 1 is 0.274 bits per heavy atom. The first-order valence-electron chi connectivity index (χ1n) is 20.8. The molecule has 0 bridgehead atoms. The predicted molar refractivity (Wildman–Crippen MR) is 258 cm³/mol. The normalized spacial score (nSPS) is 11.5. The second-order valence-electron chi connectivity index (χ2n) is 15.5. The first kappa shape index (κ1) is 35.9. The van der Waals surface area contributed by atoms with Gasteiger partial charge in [0.1, 0.15) is 11.2 Å². The van der Waals surface area contributed by atoms with Gasteiger partial charge in [0.05, 0.1) is 5.56 Å². The second kappa shape index (κ2) is 14.9. The molecule has 0 saturated heterocycles. The van der Waals surface area contributed by atoms with Crippen LogP contribution in [0.15, 0.2) is 217 Å². The van der Waals surface area contributed by atoms with Gasteiger partial charge in [-0.3, -0.25) is 0 Å². The molecule has 3 heterocycles. The number of thiophene rings is 1. The van der Waals surface area contributed by atoms with E-state index >= 15 is 0 Å². The molecule has 3 aromatic heterocycles. The fraction of sp³-hybridized carbons (Fsp3) is 0. The molecule has 290 valence electrons. The van der Waals surface area contributed by atoms with Gasteiger partial charge in [0.2, 0.25) is 0 Å². The molecule has 0 N–H and O–H groups in total. The summed E-state index contributed by atoms with van der Waals surface area (Å²) in [6.45, 7) is 0. The van der Waals surface area contributed by atoms with Crippen LogP contribution in [-0.2, 0) is 0 Å². The van der Waals surface area contributed by atoms with E-state index in [-0.39, 0.29) is 0 Å². The molecule has 0 aliphatic rings.